The summed E-state index contributed by atoms with van der Waals surface area (Å²) in [5, 5.41) is 0. The fourth-order valence-electron chi connectivity index (χ4n) is 3.13. The molecule has 0 bridgehead atoms. The number of nitrogens with zero attached hydrogens (tertiary/aromatic N) is 1. The van der Waals surface area contributed by atoms with Gasteiger partial charge in [-0.1, -0.05) is 13.8 Å². The first kappa shape index (κ1) is 15.3. The molecule has 0 radical (unpaired) electrons. The molecule has 1 aliphatic rings. The van der Waals surface area contributed by atoms with Crippen LogP contribution in [0.3, 0.4) is 0 Å². The van der Waals surface area contributed by atoms with E-state index in [0.29, 0.717) is 18.0 Å². The summed E-state index contributed by atoms with van der Waals surface area (Å²) in [5.41, 5.74) is 8.01. The Hall–Kier alpha value is -1.09. The maximum Gasteiger partial charge on any atom is 0.125 e. The number of rotatable bonds is 4. The van der Waals surface area contributed by atoms with Gasteiger partial charge in [-0.2, -0.15) is 0 Å². The monoisotopic (exact) mass is 278 g/mol. The van der Waals surface area contributed by atoms with Crippen molar-refractivity contribution < 1.29 is 4.39 Å². The fraction of sp³-hybridized carbons (Fsp3) is 0.647. The van der Waals surface area contributed by atoms with Gasteiger partial charge in [0, 0.05) is 18.8 Å². The van der Waals surface area contributed by atoms with Gasteiger partial charge in [0.05, 0.1) is 0 Å². The van der Waals surface area contributed by atoms with Crippen LogP contribution in [0.1, 0.15) is 45.1 Å². The molecule has 1 fully saturated rings. The SMILES string of the molecule is CN(c1cc(F)cc(CCN)c1)C1CCC(C)(C)CC1. The zero-order valence-electron chi connectivity index (χ0n) is 13.0. The predicted molar refractivity (Wildman–Crippen MR) is 83.6 cm³/mol. The van der Waals surface area contributed by atoms with Gasteiger partial charge >= 0.3 is 0 Å². The van der Waals surface area contributed by atoms with Crippen molar-refractivity contribution in [2.24, 2.45) is 11.1 Å². The van der Waals surface area contributed by atoms with Crippen LogP contribution in [0.4, 0.5) is 10.1 Å². The molecule has 3 heteroatoms. The average molecular weight is 278 g/mol. The lowest BCUT2D eigenvalue weighted by molar-refractivity contribution is 0.222. The van der Waals surface area contributed by atoms with Gasteiger partial charge < -0.3 is 10.6 Å². The average Bonchev–Trinajstić information content (AvgIpc) is 2.37. The van der Waals surface area contributed by atoms with Gasteiger partial charge in [-0.15, -0.1) is 0 Å². The Morgan fingerprint density at radius 2 is 1.90 bits per heavy atom. The lowest BCUT2D eigenvalue weighted by Gasteiger charge is -2.39. The number of nitrogens with two attached hydrogens (primary N) is 1. The summed E-state index contributed by atoms with van der Waals surface area (Å²) in [4.78, 5) is 2.25. The van der Waals surface area contributed by atoms with Crippen LogP contribution in [0.5, 0.6) is 0 Å². The van der Waals surface area contributed by atoms with E-state index in [-0.39, 0.29) is 5.82 Å². The first-order chi connectivity index (χ1) is 9.41. The van der Waals surface area contributed by atoms with Gasteiger partial charge in [0.1, 0.15) is 5.82 Å². The Balaban J connectivity index is 2.11. The molecule has 20 heavy (non-hydrogen) atoms. The minimum Gasteiger partial charge on any atom is -0.372 e. The molecule has 0 spiro atoms. The molecule has 1 aromatic carbocycles. The first-order valence-corrected chi connectivity index (χ1v) is 7.64. The Morgan fingerprint density at radius 3 is 2.50 bits per heavy atom. The van der Waals surface area contributed by atoms with E-state index in [1.807, 2.05) is 0 Å². The van der Waals surface area contributed by atoms with Crippen molar-refractivity contribution in [3.63, 3.8) is 0 Å². The van der Waals surface area contributed by atoms with Gasteiger partial charge in [0.25, 0.3) is 0 Å². The summed E-state index contributed by atoms with van der Waals surface area (Å²) in [7, 11) is 2.09. The molecular weight excluding hydrogens is 251 g/mol. The standard InChI is InChI=1S/C17H27FN2/c1-17(2)7-4-15(5-8-17)20(3)16-11-13(6-9-19)10-14(18)12-16/h10-12,15H,4-9,19H2,1-3H3. The van der Waals surface area contributed by atoms with E-state index in [0.717, 1.165) is 17.7 Å². The summed E-state index contributed by atoms with van der Waals surface area (Å²) < 4.78 is 13.7. The van der Waals surface area contributed by atoms with Crippen LogP contribution in [-0.2, 0) is 6.42 Å². The van der Waals surface area contributed by atoms with E-state index in [1.165, 1.54) is 25.7 Å². The van der Waals surface area contributed by atoms with Gasteiger partial charge in [-0.25, -0.2) is 4.39 Å². The van der Waals surface area contributed by atoms with E-state index in [4.69, 9.17) is 5.73 Å². The summed E-state index contributed by atoms with van der Waals surface area (Å²) in [6.07, 6.45) is 5.59. The van der Waals surface area contributed by atoms with E-state index >= 15 is 0 Å². The number of halogens is 1. The molecule has 1 saturated carbocycles. The smallest absolute Gasteiger partial charge is 0.125 e. The van der Waals surface area contributed by atoms with E-state index in [9.17, 15) is 4.39 Å². The molecular formula is C17H27FN2. The minimum absolute atomic E-state index is 0.158. The molecule has 0 saturated heterocycles. The summed E-state index contributed by atoms with van der Waals surface area (Å²) in [6, 6.07) is 5.83. The molecule has 0 heterocycles. The Kier molecular flexibility index (Phi) is 4.69. The second-order valence-corrected chi connectivity index (χ2v) is 6.86. The van der Waals surface area contributed by atoms with E-state index in [1.54, 1.807) is 12.1 Å². The van der Waals surface area contributed by atoms with E-state index in [2.05, 4.69) is 31.9 Å². The van der Waals surface area contributed by atoms with Gasteiger partial charge in [-0.05, 0) is 67.8 Å². The summed E-state index contributed by atoms with van der Waals surface area (Å²) in [5.74, 6) is -0.158. The molecule has 2 N–H and O–H groups in total. The van der Waals surface area contributed by atoms with Gasteiger partial charge in [-0.3, -0.25) is 0 Å². The number of anilines is 1. The van der Waals surface area contributed by atoms with Crippen molar-refractivity contribution in [3.05, 3.63) is 29.6 Å². The maximum atomic E-state index is 13.7. The lowest BCUT2D eigenvalue weighted by Crippen LogP contribution is -2.37. The Morgan fingerprint density at radius 1 is 1.25 bits per heavy atom. The minimum atomic E-state index is -0.158. The Labute approximate surface area is 122 Å². The van der Waals surface area contributed by atoms with Crippen LogP contribution < -0.4 is 10.6 Å². The molecule has 1 aliphatic carbocycles. The van der Waals surface area contributed by atoms with Gasteiger partial charge in [0.2, 0.25) is 0 Å². The second-order valence-electron chi connectivity index (χ2n) is 6.86. The van der Waals surface area contributed by atoms with Crippen molar-refractivity contribution in [1.29, 1.82) is 0 Å². The molecule has 112 valence electrons. The van der Waals surface area contributed by atoms with Crippen LogP contribution in [0, 0.1) is 11.2 Å². The van der Waals surface area contributed by atoms with Crippen LogP contribution in [0.25, 0.3) is 0 Å². The molecule has 1 aromatic rings. The Bertz CT molecular complexity index is 446. The van der Waals surface area contributed by atoms with E-state index < -0.39 is 0 Å². The van der Waals surface area contributed by atoms with Crippen LogP contribution >= 0.6 is 0 Å². The highest BCUT2D eigenvalue weighted by atomic mass is 19.1. The molecule has 2 rings (SSSR count). The van der Waals surface area contributed by atoms with Crippen molar-refractivity contribution in [1.82, 2.24) is 0 Å². The predicted octanol–water partition coefficient (Wildman–Crippen LogP) is 3.73. The molecule has 0 aliphatic heterocycles. The number of hydrogen-bond donors (Lipinski definition) is 1. The second kappa shape index (κ2) is 6.13. The highest BCUT2D eigenvalue weighted by Crippen LogP contribution is 2.37. The van der Waals surface area contributed by atoms with Crippen molar-refractivity contribution in [2.75, 3.05) is 18.5 Å². The molecule has 0 amide bonds. The summed E-state index contributed by atoms with van der Waals surface area (Å²) >= 11 is 0. The molecule has 0 unspecified atom stereocenters. The van der Waals surface area contributed by atoms with Gasteiger partial charge in [0.15, 0.2) is 0 Å². The van der Waals surface area contributed by atoms with Crippen LogP contribution in [-0.4, -0.2) is 19.6 Å². The van der Waals surface area contributed by atoms with Crippen molar-refractivity contribution in [2.45, 2.75) is 52.0 Å². The maximum absolute atomic E-state index is 13.7. The molecule has 0 aromatic heterocycles. The number of hydrogen-bond acceptors (Lipinski definition) is 2. The quantitative estimate of drug-likeness (QED) is 0.909. The van der Waals surface area contributed by atoms with Crippen LogP contribution in [0.2, 0.25) is 0 Å². The lowest BCUT2D eigenvalue weighted by atomic mass is 9.75. The normalized spacial score (nSPS) is 19.1. The zero-order valence-corrected chi connectivity index (χ0v) is 13.0. The molecule has 0 atom stereocenters. The summed E-state index contributed by atoms with van der Waals surface area (Å²) in [6.45, 7) is 5.24. The van der Waals surface area contributed by atoms with Crippen molar-refractivity contribution in [3.8, 4) is 0 Å². The zero-order chi connectivity index (χ0) is 14.8. The molecule has 2 nitrogen and oxygen atoms in total. The third-order valence-electron chi connectivity index (χ3n) is 4.64. The van der Waals surface area contributed by atoms with Crippen LogP contribution in [0.15, 0.2) is 18.2 Å². The topological polar surface area (TPSA) is 29.3 Å². The highest BCUT2D eigenvalue weighted by molar-refractivity contribution is 5.49. The largest absolute Gasteiger partial charge is 0.372 e. The first-order valence-electron chi connectivity index (χ1n) is 7.64. The fourth-order valence-corrected chi connectivity index (χ4v) is 3.13. The third-order valence-corrected chi connectivity index (χ3v) is 4.64. The van der Waals surface area contributed by atoms with Crippen molar-refractivity contribution >= 4 is 5.69 Å². The highest BCUT2D eigenvalue weighted by Gasteiger charge is 2.29. The number of benzene rings is 1. The third kappa shape index (κ3) is 3.72.